The number of para-hydroxylation sites is 1. The van der Waals surface area contributed by atoms with Gasteiger partial charge in [0.2, 0.25) is 0 Å². The number of aromatic nitrogens is 2. The summed E-state index contributed by atoms with van der Waals surface area (Å²) in [5.41, 5.74) is 6.91. The van der Waals surface area contributed by atoms with Crippen molar-refractivity contribution < 1.29 is 23.4 Å². The molecule has 8 nitrogen and oxygen atoms in total. The van der Waals surface area contributed by atoms with E-state index in [1.54, 1.807) is 24.3 Å². The summed E-state index contributed by atoms with van der Waals surface area (Å²) in [4.78, 5) is 12.7. The molecule has 0 aliphatic carbocycles. The SMILES string of the molecule is COCCOc1c(F)cccc1-n1ncc(C(=O)Nc2ccc(Cl)cc2OC)c1N. The number of anilines is 2. The molecule has 3 rings (SSSR count). The Morgan fingerprint density at radius 1 is 1.27 bits per heavy atom. The van der Waals surface area contributed by atoms with Gasteiger partial charge in [0.1, 0.15) is 29.4 Å². The smallest absolute Gasteiger partial charge is 0.261 e. The molecule has 0 radical (unpaired) electrons. The van der Waals surface area contributed by atoms with Crippen molar-refractivity contribution in [1.82, 2.24) is 9.78 Å². The van der Waals surface area contributed by atoms with Crippen molar-refractivity contribution in [1.29, 1.82) is 0 Å². The van der Waals surface area contributed by atoms with Crippen LogP contribution in [0.3, 0.4) is 0 Å². The molecule has 10 heteroatoms. The number of carbonyl (C=O) groups is 1. The van der Waals surface area contributed by atoms with Crippen LogP contribution in [-0.4, -0.2) is 43.1 Å². The minimum atomic E-state index is -0.588. The fraction of sp³-hybridized carbons (Fsp3) is 0.200. The summed E-state index contributed by atoms with van der Waals surface area (Å²) < 4.78 is 31.2. The Kier molecular flexibility index (Phi) is 6.76. The number of nitrogens with two attached hydrogens (primary N) is 1. The Morgan fingerprint density at radius 3 is 2.80 bits per heavy atom. The highest BCUT2D eigenvalue weighted by atomic mass is 35.5. The second kappa shape index (κ2) is 9.47. The topological polar surface area (TPSA) is 101 Å². The van der Waals surface area contributed by atoms with Gasteiger partial charge < -0.3 is 25.3 Å². The molecule has 0 bridgehead atoms. The van der Waals surface area contributed by atoms with E-state index in [-0.39, 0.29) is 36.0 Å². The first-order chi connectivity index (χ1) is 14.5. The zero-order valence-corrected chi connectivity index (χ0v) is 17.1. The molecule has 0 unspecified atom stereocenters. The largest absolute Gasteiger partial charge is 0.495 e. The number of ether oxygens (including phenoxy) is 3. The highest BCUT2D eigenvalue weighted by Gasteiger charge is 2.21. The maximum absolute atomic E-state index is 14.3. The average Bonchev–Trinajstić information content (AvgIpc) is 3.11. The van der Waals surface area contributed by atoms with Crippen LogP contribution in [0.1, 0.15) is 10.4 Å². The number of rotatable bonds is 8. The highest BCUT2D eigenvalue weighted by molar-refractivity contribution is 6.30. The van der Waals surface area contributed by atoms with Crippen molar-refractivity contribution in [3.63, 3.8) is 0 Å². The number of carbonyl (C=O) groups excluding carboxylic acids is 1. The minimum Gasteiger partial charge on any atom is -0.495 e. The van der Waals surface area contributed by atoms with Crippen molar-refractivity contribution >= 4 is 29.0 Å². The number of halogens is 2. The fourth-order valence-corrected chi connectivity index (χ4v) is 2.88. The van der Waals surface area contributed by atoms with Crippen LogP contribution in [-0.2, 0) is 4.74 Å². The molecule has 158 valence electrons. The summed E-state index contributed by atoms with van der Waals surface area (Å²) in [5.74, 6) is -0.743. The number of nitrogen functional groups attached to an aromatic ring is 1. The van der Waals surface area contributed by atoms with Crippen molar-refractivity contribution in [2.45, 2.75) is 0 Å². The molecule has 1 amide bonds. The minimum absolute atomic E-state index is 0.0163. The van der Waals surface area contributed by atoms with Crippen LogP contribution in [0.15, 0.2) is 42.6 Å². The highest BCUT2D eigenvalue weighted by Crippen LogP contribution is 2.31. The molecule has 3 N–H and O–H groups in total. The van der Waals surface area contributed by atoms with Crippen molar-refractivity contribution in [2.75, 3.05) is 38.5 Å². The molecule has 0 fully saturated rings. The number of hydrogen-bond donors (Lipinski definition) is 2. The number of amides is 1. The van der Waals surface area contributed by atoms with E-state index in [0.29, 0.717) is 16.5 Å². The molecule has 2 aromatic carbocycles. The molecular weight excluding hydrogens is 415 g/mol. The van der Waals surface area contributed by atoms with Gasteiger partial charge in [-0.1, -0.05) is 17.7 Å². The lowest BCUT2D eigenvalue weighted by Gasteiger charge is -2.13. The summed E-state index contributed by atoms with van der Waals surface area (Å²) in [7, 11) is 2.97. The van der Waals surface area contributed by atoms with Crippen LogP contribution in [0.5, 0.6) is 11.5 Å². The van der Waals surface area contributed by atoms with Gasteiger partial charge in [0.05, 0.1) is 25.6 Å². The maximum Gasteiger partial charge on any atom is 0.261 e. The molecule has 1 heterocycles. The summed E-state index contributed by atoms with van der Waals surface area (Å²) in [6.45, 7) is 0.411. The zero-order chi connectivity index (χ0) is 21.7. The van der Waals surface area contributed by atoms with E-state index in [4.69, 9.17) is 31.5 Å². The van der Waals surface area contributed by atoms with E-state index in [9.17, 15) is 9.18 Å². The van der Waals surface area contributed by atoms with Crippen molar-refractivity contribution in [3.05, 3.63) is 59.0 Å². The molecule has 0 saturated heterocycles. The third kappa shape index (κ3) is 4.47. The van der Waals surface area contributed by atoms with E-state index >= 15 is 0 Å². The summed E-state index contributed by atoms with van der Waals surface area (Å²) in [5, 5.41) is 7.30. The average molecular weight is 435 g/mol. The lowest BCUT2D eigenvalue weighted by molar-refractivity contribution is 0.102. The number of hydrogen-bond acceptors (Lipinski definition) is 6. The van der Waals surface area contributed by atoms with Crippen LogP contribution in [0.25, 0.3) is 5.69 Å². The monoisotopic (exact) mass is 434 g/mol. The van der Waals surface area contributed by atoms with Crippen LogP contribution >= 0.6 is 11.6 Å². The zero-order valence-electron chi connectivity index (χ0n) is 16.3. The van der Waals surface area contributed by atoms with E-state index in [0.717, 1.165) is 0 Å². The fourth-order valence-electron chi connectivity index (χ4n) is 2.72. The number of nitrogens with one attached hydrogen (secondary N) is 1. The predicted molar refractivity (Wildman–Crippen MR) is 111 cm³/mol. The standard InChI is InChI=1S/C20H20ClFN4O4/c1-28-8-9-30-18-14(22)4-3-5-16(18)26-19(23)13(11-24-26)20(27)25-15-7-6-12(21)10-17(15)29-2/h3-7,10-11H,8-9,23H2,1-2H3,(H,25,27). The Labute approximate surface area is 177 Å². The van der Waals surface area contributed by atoms with E-state index in [1.165, 1.54) is 37.2 Å². The van der Waals surface area contributed by atoms with E-state index in [2.05, 4.69) is 10.4 Å². The third-order valence-corrected chi connectivity index (χ3v) is 4.41. The summed E-state index contributed by atoms with van der Waals surface area (Å²) in [6, 6.07) is 9.12. The van der Waals surface area contributed by atoms with Gasteiger partial charge in [-0.05, 0) is 24.3 Å². The second-order valence-corrected chi connectivity index (χ2v) is 6.52. The van der Waals surface area contributed by atoms with Crippen LogP contribution in [0, 0.1) is 5.82 Å². The third-order valence-electron chi connectivity index (χ3n) is 4.17. The molecule has 0 saturated carbocycles. The number of nitrogens with zero attached hydrogens (tertiary/aromatic N) is 2. The van der Waals surface area contributed by atoms with Gasteiger partial charge in [-0.25, -0.2) is 9.07 Å². The first-order valence-electron chi connectivity index (χ1n) is 8.85. The number of methoxy groups -OCH3 is 2. The Balaban J connectivity index is 1.90. The first kappa shape index (κ1) is 21.4. The van der Waals surface area contributed by atoms with Crippen LogP contribution < -0.4 is 20.5 Å². The van der Waals surface area contributed by atoms with Gasteiger partial charge in [0, 0.05) is 18.2 Å². The Hall–Kier alpha value is -3.30. The quantitative estimate of drug-likeness (QED) is 0.526. The molecular formula is C20H20ClFN4O4. The molecule has 0 atom stereocenters. The Morgan fingerprint density at radius 2 is 2.07 bits per heavy atom. The Bertz CT molecular complexity index is 1060. The van der Waals surface area contributed by atoms with Gasteiger partial charge in [-0.15, -0.1) is 0 Å². The van der Waals surface area contributed by atoms with Gasteiger partial charge in [-0.2, -0.15) is 5.10 Å². The molecule has 30 heavy (non-hydrogen) atoms. The van der Waals surface area contributed by atoms with E-state index < -0.39 is 11.7 Å². The predicted octanol–water partition coefficient (Wildman–Crippen LogP) is 3.53. The first-order valence-corrected chi connectivity index (χ1v) is 9.23. The maximum atomic E-state index is 14.3. The van der Waals surface area contributed by atoms with Gasteiger partial charge in [-0.3, -0.25) is 4.79 Å². The van der Waals surface area contributed by atoms with Crippen molar-refractivity contribution in [3.8, 4) is 17.2 Å². The van der Waals surface area contributed by atoms with Gasteiger partial charge >= 0.3 is 0 Å². The summed E-state index contributed by atoms with van der Waals surface area (Å²) in [6.07, 6.45) is 1.29. The van der Waals surface area contributed by atoms with Gasteiger partial charge in [0.15, 0.2) is 11.6 Å². The van der Waals surface area contributed by atoms with Crippen LogP contribution in [0.2, 0.25) is 5.02 Å². The van der Waals surface area contributed by atoms with Crippen LogP contribution in [0.4, 0.5) is 15.9 Å². The van der Waals surface area contributed by atoms with Gasteiger partial charge in [0.25, 0.3) is 5.91 Å². The number of benzene rings is 2. The second-order valence-electron chi connectivity index (χ2n) is 6.08. The molecule has 0 spiro atoms. The molecule has 0 aliphatic heterocycles. The normalized spacial score (nSPS) is 10.7. The summed E-state index contributed by atoms with van der Waals surface area (Å²) >= 11 is 5.94. The molecule has 0 aliphatic rings. The molecule has 1 aromatic heterocycles. The lowest BCUT2D eigenvalue weighted by atomic mass is 10.2. The lowest BCUT2D eigenvalue weighted by Crippen LogP contribution is -2.15. The molecule has 3 aromatic rings. The van der Waals surface area contributed by atoms with Crippen molar-refractivity contribution in [2.24, 2.45) is 0 Å². The van der Waals surface area contributed by atoms with E-state index in [1.807, 2.05) is 0 Å².